The third-order valence-corrected chi connectivity index (χ3v) is 9.30. The molecule has 0 atom stereocenters. The van der Waals surface area contributed by atoms with Crippen molar-refractivity contribution in [3.63, 3.8) is 0 Å². The van der Waals surface area contributed by atoms with Gasteiger partial charge in [-0.05, 0) is 69.2 Å². The second-order valence-electron chi connectivity index (χ2n) is 12.2. The average molecular weight is 563 g/mol. The molecule has 1 fully saturated rings. The molecule has 1 saturated heterocycles. The molecule has 5 rings (SSSR count). The van der Waals surface area contributed by atoms with Crippen LogP contribution in [0.1, 0.15) is 85.8 Å². The number of benzene rings is 2. The minimum Gasteiger partial charge on any atom is -0.443 e. The van der Waals surface area contributed by atoms with Crippen LogP contribution in [0.15, 0.2) is 36.4 Å². The van der Waals surface area contributed by atoms with Crippen LogP contribution in [0, 0.1) is 17.2 Å². The van der Waals surface area contributed by atoms with Crippen molar-refractivity contribution in [2.45, 2.75) is 64.9 Å². The molecule has 1 amide bonds. The fourth-order valence-corrected chi connectivity index (χ4v) is 6.90. The van der Waals surface area contributed by atoms with E-state index in [1.165, 1.54) is 4.31 Å². The van der Waals surface area contributed by atoms with E-state index in [0.29, 0.717) is 42.6 Å². The summed E-state index contributed by atoms with van der Waals surface area (Å²) in [7, 11) is -3.98. The molecule has 2 N–H and O–H groups in total. The third-order valence-electron chi connectivity index (χ3n) is 7.83. The molecule has 2 aliphatic rings. The van der Waals surface area contributed by atoms with E-state index >= 15 is 0 Å². The molecular weight excluding hydrogens is 528 g/mol. The summed E-state index contributed by atoms with van der Waals surface area (Å²) in [5, 5.41) is 10.1. The van der Waals surface area contributed by atoms with Crippen LogP contribution in [0.4, 0.5) is 4.79 Å². The second kappa shape index (κ2) is 9.75. The Kier molecular flexibility index (Phi) is 6.79. The van der Waals surface area contributed by atoms with Gasteiger partial charge in [-0.2, -0.15) is 18.0 Å². The van der Waals surface area contributed by atoms with Crippen LogP contribution in [-0.2, 0) is 26.8 Å². The van der Waals surface area contributed by atoms with E-state index < -0.39 is 27.3 Å². The van der Waals surface area contributed by atoms with Crippen LogP contribution in [-0.4, -0.2) is 48.3 Å². The molecule has 40 heavy (non-hydrogen) atoms. The van der Waals surface area contributed by atoms with Crippen molar-refractivity contribution in [3.05, 3.63) is 69.9 Å². The Morgan fingerprint density at radius 2 is 1.88 bits per heavy atom. The number of ether oxygens (including phenoxy) is 1. The number of ketones is 1. The molecule has 0 radical (unpaired) electrons. The lowest BCUT2D eigenvalue weighted by Crippen LogP contribution is -2.48. The van der Waals surface area contributed by atoms with Gasteiger partial charge in [-0.25, -0.2) is 9.52 Å². The van der Waals surface area contributed by atoms with E-state index in [-0.39, 0.29) is 11.7 Å². The van der Waals surface area contributed by atoms with Gasteiger partial charge in [0.15, 0.2) is 5.78 Å². The van der Waals surface area contributed by atoms with E-state index in [4.69, 9.17) is 4.74 Å². The number of aromatic amines is 1. The van der Waals surface area contributed by atoms with Crippen LogP contribution < -0.4 is 4.72 Å². The van der Waals surface area contributed by atoms with E-state index in [2.05, 4.69) is 31.0 Å². The number of nitrogens with one attached hydrogen (secondary N) is 2. The van der Waals surface area contributed by atoms with Crippen LogP contribution in [0.25, 0.3) is 10.9 Å². The fraction of sp³-hybridized carbons (Fsp3) is 0.433. The zero-order chi connectivity index (χ0) is 29.0. The highest BCUT2D eigenvalue weighted by molar-refractivity contribution is 7.87. The maximum absolute atomic E-state index is 13.6. The van der Waals surface area contributed by atoms with Gasteiger partial charge < -0.3 is 9.72 Å². The number of amides is 1. The fourth-order valence-electron chi connectivity index (χ4n) is 5.83. The SMILES string of the molecule is CC(C)(C)OC(=O)NS(=O)(=O)N1CCC(Cc2ccc3c(c2)C(C)(C)c2[nH]c4cc(C#N)ccc4c2C3=O)CC1. The predicted molar refractivity (Wildman–Crippen MR) is 151 cm³/mol. The number of hydrogen-bond acceptors (Lipinski definition) is 6. The number of aromatic nitrogens is 1. The van der Waals surface area contributed by atoms with E-state index in [9.17, 15) is 23.3 Å². The monoisotopic (exact) mass is 562 g/mol. The van der Waals surface area contributed by atoms with Crippen molar-refractivity contribution in [2.75, 3.05) is 13.1 Å². The minimum absolute atomic E-state index is 0.0252. The molecule has 3 aromatic rings. The van der Waals surface area contributed by atoms with Crippen LogP contribution in [0.5, 0.6) is 0 Å². The molecule has 2 aromatic carbocycles. The van der Waals surface area contributed by atoms with Gasteiger partial charge in [0.25, 0.3) is 0 Å². The summed E-state index contributed by atoms with van der Waals surface area (Å²) in [5.41, 5.74) is 4.32. The molecule has 2 heterocycles. The summed E-state index contributed by atoms with van der Waals surface area (Å²) >= 11 is 0. The van der Waals surface area contributed by atoms with Crippen molar-refractivity contribution in [3.8, 4) is 6.07 Å². The summed E-state index contributed by atoms with van der Waals surface area (Å²) in [6, 6.07) is 13.5. The maximum atomic E-state index is 13.6. The zero-order valence-corrected chi connectivity index (χ0v) is 24.2. The zero-order valence-electron chi connectivity index (χ0n) is 23.4. The van der Waals surface area contributed by atoms with Gasteiger partial charge in [0, 0.05) is 40.7 Å². The first-order chi connectivity index (χ1) is 18.7. The van der Waals surface area contributed by atoms with Crippen molar-refractivity contribution in [1.29, 1.82) is 5.26 Å². The highest BCUT2D eigenvalue weighted by atomic mass is 32.2. The summed E-state index contributed by atoms with van der Waals surface area (Å²) in [6.45, 7) is 9.83. The van der Waals surface area contributed by atoms with E-state index in [1.807, 2.05) is 22.9 Å². The van der Waals surface area contributed by atoms with Gasteiger partial charge in [-0.1, -0.05) is 38.1 Å². The first-order valence-electron chi connectivity index (χ1n) is 13.4. The lowest BCUT2D eigenvalue weighted by Gasteiger charge is -2.33. The van der Waals surface area contributed by atoms with Crippen molar-refractivity contribution < 1.29 is 22.7 Å². The maximum Gasteiger partial charge on any atom is 0.422 e. The number of piperidine rings is 1. The number of rotatable bonds is 4. The van der Waals surface area contributed by atoms with Crippen molar-refractivity contribution in [1.82, 2.24) is 14.0 Å². The van der Waals surface area contributed by atoms with Crippen LogP contribution >= 0.6 is 0 Å². The number of H-pyrrole nitrogens is 1. The molecule has 1 aromatic heterocycles. The molecule has 10 heteroatoms. The Labute approximate surface area is 234 Å². The van der Waals surface area contributed by atoms with Gasteiger partial charge in [0.05, 0.1) is 17.2 Å². The number of carbonyl (C=O) groups excluding carboxylic acids is 2. The molecule has 210 valence electrons. The Balaban J connectivity index is 1.31. The molecule has 0 bridgehead atoms. The Bertz CT molecular complexity index is 1670. The van der Waals surface area contributed by atoms with E-state index in [0.717, 1.165) is 34.1 Å². The van der Waals surface area contributed by atoms with Crippen LogP contribution in [0.3, 0.4) is 0 Å². The lowest BCUT2D eigenvalue weighted by molar-refractivity contribution is 0.0566. The van der Waals surface area contributed by atoms with Crippen LogP contribution in [0.2, 0.25) is 0 Å². The Morgan fingerprint density at radius 3 is 2.52 bits per heavy atom. The Hall–Kier alpha value is -3.68. The summed E-state index contributed by atoms with van der Waals surface area (Å²) in [5.74, 6) is 0.240. The molecular formula is C30H34N4O5S. The van der Waals surface area contributed by atoms with Crippen molar-refractivity contribution in [2.24, 2.45) is 5.92 Å². The predicted octanol–water partition coefficient (Wildman–Crippen LogP) is 4.93. The topological polar surface area (TPSA) is 132 Å². The van der Waals surface area contributed by atoms with Crippen molar-refractivity contribution >= 4 is 33.0 Å². The summed E-state index contributed by atoms with van der Waals surface area (Å²) in [4.78, 5) is 29.0. The summed E-state index contributed by atoms with van der Waals surface area (Å²) in [6.07, 6.45) is 1.09. The highest BCUT2D eigenvalue weighted by Crippen LogP contribution is 2.44. The second-order valence-corrected chi connectivity index (χ2v) is 13.9. The first-order valence-corrected chi connectivity index (χ1v) is 14.9. The molecule has 0 saturated carbocycles. The van der Waals surface area contributed by atoms with Gasteiger partial charge >= 0.3 is 16.3 Å². The lowest BCUT2D eigenvalue weighted by atomic mass is 9.70. The molecule has 9 nitrogen and oxygen atoms in total. The Morgan fingerprint density at radius 1 is 1.18 bits per heavy atom. The minimum atomic E-state index is -3.98. The smallest absolute Gasteiger partial charge is 0.422 e. The summed E-state index contributed by atoms with van der Waals surface area (Å²) < 4.78 is 33.7. The molecule has 1 aliphatic heterocycles. The van der Waals surface area contributed by atoms with Gasteiger partial charge in [-0.3, -0.25) is 4.79 Å². The third kappa shape index (κ3) is 5.11. The number of fused-ring (bicyclic) bond motifs is 4. The average Bonchev–Trinajstić information content (AvgIpc) is 3.26. The molecule has 0 unspecified atom stereocenters. The standard InChI is InChI=1S/C30H34N4O5S/c1-29(2,3)39-28(36)33-40(37,38)34-12-10-18(11-13-34)14-19-6-8-21-23(15-19)30(4,5)27-25(26(21)35)22-9-7-20(17-31)16-24(22)32-27/h6-9,15-16,18,32H,10-14H2,1-5H3,(H,33,36). The van der Waals surface area contributed by atoms with Gasteiger partial charge in [-0.15, -0.1) is 0 Å². The van der Waals surface area contributed by atoms with Gasteiger partial charge in [0.1, 0.15) is 5.60 Å². The highest BCUT2D eigenvalue weighted by Gasteiger charge is 2.40. The first kappa shape index (κ1) is 27.9. The quantitative estimate of drug-likeness (QED) is 0.463. The largest absolute Gasteiger partial charge is 0.443 e. The number of hydrogen-bond donors (Lipinski definition) is 2. The number of nitrogens with zero attached hydrogens (tertiary/aromatic N) is 2. The molecule has 0 spiro atoms. The number of carbonyl (C=O) groups is 2. The van der Waals surface area contributed by atoms with Gasteiger partial charge in [0.2, 0.25) is 0 Å². The van der Waals surface area contributed by atoms with E-state index in [1.54, 1.807) is 32.9 Å². The number of nitriles is 1. The normalized spacial score (nSPS) is 17.6. The molecule has 1 aliphatic carbocycles.